The van der Waals surface area contributed by atoms with E-state index < -0.39 is 0 Å². The fourth-order valence-corrected chi connectivity index (χ4v) is 3.80. The number of benzene rings is 1. The summed E-state index contributed by atoms with van der Waals surface area (Å²) in [5.41, 5.74) is 3.99. The minimum absolute atomic E-state index is 0.0259. The van der Waals surface area contributed by atoms with Crippen LogP contribution in [0, 0.1) is 0 Å². The molecule has 0 saturated carbocycles. The van der Waals surface area contributed by atoms with Gasteiger partial charge in [-0.2, -0.15) is 5.10 Å². The second kappa shape index (κ2) is 7.61. The van der Waals surface area contributed by atoms with Crippen LogP contribution in [0.5, 0.6) is 0 Å². The van der Waals surface area contributed by atoms with Crippen LogP contribution in [0.1, 0.15) is 34.8 Å². The highest BCUT2D eigenvalue weighted by atomic mass is 16.2. The molecule has 3 heterocycles. The lowest BCUT2D eigenvalue weighted by atomic mass is 9.90. The third kappa shape index (κ3) is 3.43. The van der Waals surface area contributed by atoms with Crippen molar-refractivity contribution in [2.75, 3.05) is 25.5 Å². The number of nitrogens with zero attached hydrogens (tertiary/aromatic N) is 3. The van der Waals surface area contributed by atoms with Gasteiger partial charge in [-0.3, -0.25) is 9.89 Å². The fraction of sp³-hybridized carbons (Fsp3) is 0.286. The van der Waals surface area contributed by atoms with Gasteiger partial charge in [0, 0.05) is 43.5 Å². The average Bonchev–Trinajstić information content (AvgIpc) is 3.24. The molecular formula is C21H23N5O. The van der Waals surface area contributed by atoms with Crippen molar-refractivity contribution in [2.45, 2.75) is 18.8 Å². The monoisotopic (exact) mass is 361 g/mol. The summed E-state index contributed by atoms with van der Waals surface area (Å²) in [5, 5.41) is 10.5. The molecule has 6 heteroatoms. The Balaban J connectivity index is 1.58. The van der Waals surface area contributed by atoms with Crippen molar-refractivity contribution in [3.8, 4) is 11.1 Å². The minimum Gasteiger partial charge on any atom is -0.372 e. The summed E-state index contributed by atoms with van der Waals surface area (Å²) in [6.07, 6.45) is 5.58. The van der Waals surface area contributed by atoms with Crippen molar-refractivity contribution in [1.29, 1.82) is 0 Å². The van der Waals surface area contributed by atoms with Crippen LogP contribution in [0.4, 0.5) is 5.82 Å². The zero-order valence-electron chi connectivity index (χ0n) is 15.4. The first kappa shape index (κ1) is 17.3. The molecule has 138 valence electrons. The molecule has 1 saturated heterocycles. The summed E-state index contributed by atoms with van der Waals surface area (Å²) in [5.74, 6) is 0.893. The minimum atomic E-state index is 0.0259. The van der Waals surface area contributed by atoms with Gasteiger partial charge in [0.15, 0.2) is 0 Å². The van der Waals surface area contributed by atoms with Gasteiger partial charge in [-0.25, -0.2) is 4.98 Å². The van der Waals surface area contributed by atoms with E-state index in [9.17, 15) is 4.79 Å². The highest BCUT2D eigenvalue weighted by molar-refractivity contribution is 5.98. The molecular weight excluding hydrogens is 338 g/mol. The predicted molar refractivity (Wildman–Crippen MR) is 106 cm³/mol. The summed E-state index contributed by atoms with van der Waals surface area (Å²) in [6, 6.07) is 13.9. The number of likely N-dealkylation sites (tertiary alicyclic amines) is 1. The molecule has 0 bridgehead atoms. The Kier molecular flexibility index (Phi) is 4.87. The third-order valence-corrected chi connectivity index (χ3v) is 5.15. The molecule has 1 fully saturated rings. The van der Waals surface area contributed by atoms with Gasteiger partial charge in [0.25, 0.3) is 5.91 Å². The van der Waals surface area contributed by atoms with E-state index in [1.165, 1.54) is 0 Å². The van der Waals surface area contributed by atoms with E-state index >= 15 is 0 Å². The Bertz CT molecular complexity index is 921. The van der Waals surface area contributed by atoms with Gasteiger partial charge in [0.1, 0.15) is 5.82 Å². The van der Waals surface area contributed by atoms with E-state index in [1.54, 1.807) is 19.3 Å². The lowest BCUT2D eigenvalue weighted by Crippen LogP contribution is -2.39. The number of piperidine rings is 1. The fourth-order valence-electron chi connectivity index (χ4n) is 3.80. The highest BCUT2D eigenvalue weighted by Crippen LogP contribution is 2.33. The van der Waals surface area contributed by atoms with Gasteiger partial charge in [0.2, 0.25) is 0 Å². The molecule has 1 amide bonds. The maximum atomic E-state index is 13.1. The number of anilines is 1. The quantitative estimate of drug-likeness (QED) is 0.745. The average molecular weight is 361 g/mol. The molecule has 1 atom stereocenters. The second-order valence-corrected chi connectivity index (χ2v) is 6.80. The highest BCUT2D eigenvalue weighted by Gasteiger charge is 2.29. The number of carbonyl (C=O) groups excluding carboxylic acids is 1. The number of hydrogen-bond donors (Lipinski definition) is 2. The molecule has 4 rings (SSSR count). The van der Waals surface area contributed by atoms with E-state index in [0.717, 1.165) is 36.2 Å². The van der Waals surface area contributed by atoms with E-state index in [0.29, 0.717) is 17.9 Å². The smallest absolute Gasteiger partial charge is 0.257 e. The number of aromatic nitrogens is 3. The van der Waals surface area contributed by atoms with Crippen LogP contribution in [0.2, 0.25) is 0 Å². The molecule has 0 unspecified atom stereocenters. The summed E-state index contributed by atoms with van der Waals surface area (Å²) < 4.78 is 0. The van der Waals surface area contributed by atoms with Crippen molar-refractivity contribution >= 4 is 11.7 Å². The summed E-state index contributed by atoms with van der Waals surface area (Å²) in [4.78, 5) is 19.3. The van der Waals surface area contributed by atoms with Crippen LogP contribution in [0.15, 0.2) is 54.9 Å². The lowest BCUT2D eigenvalue weighted by molar-refractivity contribution is 0.0706. The number of carbonyl (C=O) groups is 1. The van der Waals surface area contributed by atoms with E-state index in [2.05, 4.69) is 32.6 Å². The second-order valence-electron chi connectivity index (χ2n) is 6.80. The van der Waals surface area contributed by atoms with Crippen LogP contribution in [-0.4, -0.2) is 46.1 Å². The molecule has 0 radical (unpaired) electrons. The van der Waals surface area contributed by atoms with Crippen molar-refractivity contribution in [3.63, 3.8) is 0 Å². The SMILES string of the molecule is CNc1ncccc1C(=O)N1CCC[C@H](c2[nH]ncc2-c2ccccc2)C1. The van der Waals surface area contributed by atoms with Gasteiger partial charge in [-0.1, -0.05) is 30.3 Å². The van der Waals surface area contributed by atoms with Gasteiger partial charge < -0.3 is 10.2 Å². The molecule has 2 N–H and O–H groups in total. The molecule has 0 aliphatic carbocycles. The maximum absolute atomic E-state index is 13.1. The van der Waals surface area contributed by atoms with Gasteiger partial charge in [-0.15, -0.1) is 0 Å². The lowest BCUT2D eigenvalue weighted by Gasteiger charge is -2.33. The number of rotatable bonds is 4. The van der Waals surface area contributed by atoms with Crippen molar-refractivity contribution in [3.05, 3.63) is 66.1 Å². The van der Waals surface area contributed by atoms with Gasteiger partial charge >= 0.3 is 0 Å². The number of amides is 1. The normalized spacial score (nSPS) is 16.9. The van der Waals surface area contributed by atoms with Crippen molar-refractivity contribution in [2.24, 2.45) is 0 Å². The number of aromatic amines is 1. The molecule has 0 spiro atoms. The number of pyridine rings is 1. The van der Waals surface area contributed by atoms with Gasteiger partial charge in [-0.05, 0) is 30.5 Å². The van der Waals surface area contributed by atoms with E-state index in [-0.39, 0.29) is 11.8 Å². The molecule has 2 aromatic heterocycles. The zero-order chi connectivity index (χ0) is 18.6. The van der Waals surface area contributed by atoms with Crippen LogP contribution in [0.3, 0.4) is 0 Å². The number of H-pyrrole nitrogens is 1. The van der Waals surface area contributed by atoms with Crippen LogP contribution >= 0.6 is 0 Å². The number of nitrogens with one attached hydrogen (secondary N) is 2. The Morgan fingerprint density at radius 3 is 2.89 bits per heavy atom. The predicted octanol–water partition coefficient (Wildman–Crippen LogP) is 3.53. The first-order chi connectivity index (χ1) is 13.3. The molecule has 1 aliphatic rings. The van der Waals surface area contributed by atoms with Crippen LogP contribution in [0.25, 0.3) is 11.1 Å². The molecule has 3 aromatic rings. The Hall–Kier alpha value is -3.15. The molecule has 27 heavy (non-hydrogen) atoms. The van der Waals surface area contributed by atoms with Crippen molar-refractivity contribution < 1.29 is 4.79 Å². The summed E-state index contributed by atoms with van der Waals surface area (Å²) in [6.45, 7) is 1.45. The summed E-state index contributed by atoms with van der Waals surface area (Å²) in [7, 11) is 1.79. The zero-order valence-corrected chi connectivity index (χ0v) is 15.4. The third-order valence-electron chi connectivity index (χ3n) is 5.15. The summed E-state index contributed by atoms with van der Waals surface area (Å²) >= 11 is 0. The van der Waals surface area contributed by atoms with E-state index in [1.807, 2.05) is 35.4 Å². The first-order valence-electron chi connectivity index (χ1n) is 9.28. The first-order valence-corrected chi connectivity index (χ1v) is 9.28. The number of hydrogen-bond acceptors (Lipinski definition) is 4. The maximum Gasteiger partial charge on any atom is 0.257 e. The topological polar surface area (TPSA) is 73.9 Å². The van der Waals surface area contributed by atoms with E-state index in [4.69, 9.17) is 0 Å². The molecule has 1 aliphatic heterocycles. The molecule has 1 aromatic carbocycles. The Labute approximate surface area is 158 Å². The van der Waals surface area contributed by atoms with Crippen LogP contribution < -0.4 is 5.32 Å². The molecule has 6 nitrogen and oxygen atoms in total. The standard InChI is InChI=1S/C21H23N5O/c1-22-20-17(10-5-11-23-20)21(27)26-12-6-9-16(14-26)19-18(13-24-25-19)15-7-3-2-4-8-15/h2-5,7-8,10-11,13,16H,6,9,12,14H2,1H3,(H,22,23)(H,24,25)/t16-/m0/s1. The van der Waals surface area contributed by atoms with Gasteiger partial charge in [0.05, 0.1) is 11.8 Å². The largest absolute Gasteiger partial charge is 0.372 e. The Morgan fingerprint density at radius 2 is 2.07 bits per heavy atom. The Morgan fingerprint density at radius 1 is 1.22 bits per heavy atom. The van der Waals surface area contributed by atoms with Crippen LogP contribution in [-0.2, 0) is 0 Å². The van der Waals surface area contributed by atoms with Crippen molar-refractivity contribution in [1.82, 2.24) is 20.1 Å².